The second kappa shape index (κ2) is 6.40. The molecule has 1 amide bonds. The lowest BCUT2D eigenvalue weighted by Gasteiger charge is -2.17. The highest BCUT2D eigenvalue weighted by Gasteiger charge is 2.31. The molecule has 1 fully saturated rings. The molecule has 2 aromatic heterocycles. The number of methoxy groups -OCH3 is 1. The van der Waals surface area contributed by atoms with Gasteiger partial charge in [-0.3, -0.25) is 4.79 Å². The first-order valence-electron chi connectivity index (χ1n) is 8.48. The Kier molecular flexibility index (Phi) is 4.06. The summed E-state index contributed by atoms with van der Waals surface area (Å²) in [6.45, 7) is 1.18. The van der Waals surface area contributed by atoms with E-state index in [4.69, 9.17) is 4.74 Å². The molecule has 0 bridgehead atoms. The van der Waals surface area contributed by atoms with Crippen molar-refractivity contribution in [3.8, 4) is 5.75 Å². The fourth-order valence-electron chi connectivity index (χ4n) is 3.54. The minimum absolute atomic E-state index is 0.132. The molecule has 3 aromatic rings. The molecule has 1 aliphatic heterocycles. The Morgan fingerprint density at radius 2 is 2.19 bits per heavy atom. The summed E-state index contributed by atoms with van der Waals surface area (Å²) in [5.41, 5.74) is 2.02. The van der Waals surface area contributed by atoms with Gasteiger partial charge in [-0.25, -0.2) is 14.4 Å². The van der Waals surface area contributed by atoms with Gasteiger partial charge in [0.15, 0.2) is 17.2 Å². The van der Waals surface area contributed by atoms with Crippen molar-refractivity contribution in [2.75, 3.05) is 20.2 Å². The van der Waals surface area contributed by atoms with Crippen LogP contribution in [0.4, 0.5) is 4.39 Å². The van der Waals surface area contributed by atoms with Crippen LogP contribution in [0.25, 0.3) is 11.2 Å². The largest absolute Gasteiger partial charge is 0.494 e. The van der Waals surface area contributed by atoms with Gasteiger partial charge in [0.2, 0.25) is 0 Å². The molecular formula is C19H19FN4O2. The van der Waals surface area contributed by atoms with E-state index in [9.17, 15) is 9.18 Å². The van der Waals surface area contributed by atoms with Crippen LogP contribution in [0.5, 0.6) is 5.75 Å². The van der Waals surface area contributed by atoms with Crippen molar-refractivity contribution < 1.29 is 13.9 Å². The molecule has 0 N–H and O–H groups in total. The maximum atomic E-state index is 13.9. The third kappa shape index (κ3) is 2.69. The van der Waals surface area contributed by atoms with Gasteiger partial charge in [-0.15, -0.1) is 0 Å². The van der Waals surface area contributed by atoms with E-state index in [-0.39, 0.29) is 17.6 Å². The van der Waals surface area contributed by atoms with Crippen LogP contribution < -0.4 is 4.74 Å². The van der Waals surface area contributed by atoms with Gasteiger partial charge in [-0.05, 0) is 36.8 Å². The second-order valence-corrected chi connectivity index (χ2v) is 6.46. The summed E-state index contributed by atoms with van der Waals surface area (Å²) in [6, 6.07) is 8.10. The van der Waals surface area contributed by atoms with Crippen molar-refractivity contribution in [3.05, 3.63) is 53.7 Å². The van der Waals surface area contributed by atoms with Crippen molar-refractivity contribution in [1.82, 2.24) is 19.4 Å². The molecule has 1 aromatic carbocycles. The topological polar surface area (TPSA) is 60.2 Å². The second-order valence-electron chi connectivity index (χ2n) is 6.46. The maximum Gasteiger partial charge on any atom is 0.253 e. The summed E-state index contributed by atoms with van der Waals surface area (Å²) in [6.07, 6.45) is 2.57. The first-order valence-corrected chi connectivity index (χ1v) is 8.48. The van der Waals surface area contributed by atoms with Crippen LogP contribution >= 0.6 is 0 Å². The number of likely N-dealkylation sites (tertiary alicyclic amines) is 1. The Labute approximate surface area is 150 Å². The fraction of sp³-hybridized carbons (Fsp3) is 0.316. The van der Waals surface area contributed by atoms with E-state index < -0.39 is 5.82 Å². The number of ether oxygens (including phenoxy) is 1. The Balaban J connectivity index is 1.55. The van der Waals surface area contributed by atoms with Crippen LogP contribution in [-0.4, -0.2) is 45.5 Å². The lowest BCUT2D eigenvalue weighted by molar-refractivity contribution is 0.0790. The summed E-state index contributed by atoms with van der Waals surface area (Å²) in [5.74, 6) is 0.491. The standard InChI is InChI=1S/C19H19FN4O2/c1-23-17(22-15-4-3-8-21-18(15)23)13-7-9-24(11-13)19(25)12-5-6-16(26-2)14(20)10-12/h3-6,8,10,13H,7,9,11H2,1-2H3. The molecular weight excluding hydrogens is 335 g/mol. The van der Waals surface area contributed by atoms with Gasteiger partial charge in [0.1, 0.15) is 11.3 Å². The maximum absolute atomic E-state index is 13.9. The monoisotopic (exact) mass is 354 g/mol. The molecule has 1 unspecified atom stereocenters. The number of imidazole rings is 1. The quantitative estimate of drug-likeness (QED) is 0.726. The van der Waals surface area contributed by atoms with E-state index in [1.165, 1.54) is 19.2 Å². The van der Waals surface area contributed by atoms with Crippen LogP contribution in [0.3, 0.4) is 0 Å². The van der Waals surface area contributed by atoms with Crippen LogP contribution in [0.2, 0.25) is 0 Å². The number of fused-ring (bicyclic) bond motifs is 1. The number of amides is 1. The summed E-state index contributed by atoms with van der Waals surface area (Å²) < 4.78 is 20.8. The number of nitrogens with zero attached hydrogens (tertiary/aromatic N) is 4. The average molecular weight is 354 g/mol. The van der Waals surface area contributed by atoms with E-state index in [0.717, 1.165) is 23.4 Å². The number of hydrogen-bond donors (Lipinski definition) is 0. The molecule has 1 aliphatic rings. The number of pyridine rings is 1. The predicted molar refractivity (Wildman–Crippen MR) is 94.7 cm³/mol. The Morgan fingerprint density at radius 3 is 2.92 bits per heavy atom. The van der Waals surface area contributed by atoms with Crippen LogP contribution in [0.1, 0.15) is 28.5 Å². The molecule has 0 aliphatic carbocycles. The van der Waals surface area contributed by atoms with E-state index in [0.29, 0.717) is 18.7 Å². The summed E-state index contributed by atoms with van der Waals surface area (Å²) in [7, 11) is 3.34. The lowest BCUT2D eigenvalue weighted by atomic mass is 10.1. The SMILES string of the molecule is COc1ccc(C(=O)N2CCC(c3nc4cccnc4n3C)C2)cc1F. The minimum Gasteiger partial charge on any atom is -0.494 e. The molecule has 0 radical (unpaired) electrons. The number of aromatic nitrogens is 3. The first-order chi connectivity index (χ1) is 12.6. The molecule has 4 rings (SSSR count). The number of rotatable bonds is 3. The molecule has 0 saturated carbocycles. The van der Waals surface area contributed by atoms with E-state index in [1.54, 1.807) is 17.2 Å². The number of carbonyl (C=O) groups excluding carboxylic acids is 1. The summed E-state index contributed by atoms with van der Waals surface area (Å²) in [5, 5.41) is 0. The number of benzene rings is 1. The zero-order valence-corrected chi connectivity index (χ0v) is 14.6. The van der Waals surface area contributed by atoms with Crippen molar-refractivity contribution in [3.63, 3.8) is 0 Å². The van der Waals surface area contributed by atoms with Crippen LogP contribution in [-0.2, 0) is 7.05 Å². The van der Waals surface area contributed by atoms with E-state index in [2.05, 4.69) is 9.97 Å². The summed E-state index contributed by atoms with van der Waals surface area (Å²) >= 11 is 0. The number of carbonyl (C=O) groups is 1. The van der Waals surface area contributed by atoms with Gasteiger partial charge in [0.25, 0.3) is 5.91 Å². The van der Waals surface area contributed by atoms with Gasteiger partial charge >= 0.3 is 0 Å². The molecule has 1 atom stereocenters. The van der Waals surface area contributed by atoms with Gasteiger partial charge in [-0.2, -0.15) is 0 Å². The fourth-order valence-corrected chi connectivity index (χ4v) is 3.54. The minimum atomic E-state index is -0.532. The molecule has 134 valence electrons. The normalized spacial score (nSPS) is 17.0. The smallest absolute Gasteiger partial charge is 0.253 e. The number of aryl methyl sites for hydroxylation is 1. The average Bonchev–Trinajstić information content (AvgIpc) is 3.26. The highest BCUT2D eigenvalue weighted by Crippen LogP contribution is 2.29. The number of hydrogen-bond acceptors (Lipinski definition) is 4. The third-order valence-corrected chi connectivity index (χ3v) is 4.90. The van der Waals surface area contributed by atoms with E-state index in [1.807, 2.05) is 23.7 Å². The molecule has 7 heteroatoms. The predicted octanol–water partition coefficient (Wildman–Crippen LogP) is 2.75. The first kappa shape index (κ1) is 16.5. The highest BCUT2D eigenvalue weighted by atomic mass is 19.1. The highest BCUT2D eigenvalue weighted by molar-refractivity contribution is 5.94. The molecule has 1 saturated heterocycles. The van der Waals surface area contributed by atoms with Gasteiger partial charge in [-0.1, -0.05) is 0 Å². The van der Waals surface area contributed by atoms with Crippen LogP contribution in [0, 0.1) is 5.82 Å². The van der Waals surface area contributed by atoms with Gasteiger partial charge in [0, 0.05) is 37.8 Å². The molecule has 6 nitrogen and oxygen atoms in total. The third-order valence-electron chi connectivity index (χ3n) is 4.90. The molecule has 0 spiro atoms. The lowest BCUT2D eigenvalue weighted by Crippen LogP contribution is -2.28. The van der Waals surface area contributed by atoms with Gasteiger partial charge < -0.3 is 14.2 Å². The Bertz CT molecular complexity index is 985. The van der Waals surface area contributed by atoms with Crippen molar-refractivity contribution in [1.29, 1.82) is 0 Å². The van der Waals surface area contributed by atoms with Crippen molar-refractivity contribution >= 4 is 17.1 Å². The molecule has 26 heavy (non-hydrogen) atoms. The van der Waals surface area contributed by atoms with Crippen molar-refractivity contribution in [2.24, 2.45) is 7.05 Å². The molecule has 3 heterocycles. The zero-order valence-electron chi connectivity index (χ0n) is 14.6. The van der Waals surface area contributed by atoms with E-state index >= 15 is 0 Å². The number of halogens is 1. The Morgan fingerprint density at radius 1 is 1.35 bits per heavy atom. The van der Waals surface area contributed by atoms with Crippen LogP contribution in [0.15, 0.2) is 36.5 Å². The summed E-state index contributed by atoms with van der Waals surface area (Å²) in [4.78, 5) is 23.5. The Hall–Kier alpha value is -2.96. The zero-order chi connectivity index (χ0) is 18.3. The van der Waals surface area contributed by atoms with Crippen molar-refractivity contribution in [2.45, 2.75) is 12.3 Å². The van der Waals surface area contributed by atoms with Gasteiger partial charge in [0.05, 0.1) is 7.11 Å².